The Morgan fingerprint density at radius 2 is 2.35 bits per heavy atom. The molecule has 17 heavy (non-hydrogen) atoms. The zero-order valence-corrected chi connectivity index (χ0v) is 11.2. The number of aliphatic hydroxyl groups excluding tert-OH is 1. The lowest BCUT2D eigenvalue weighted by Crippen LogP contribution is -2.41. The number of nitrogens with zero attached hydrogens (tertiary/aromatic N) is 3. The van der Waals surface area contributed by atoms with Crippen LogP contribution in [0.15, 0.2) is 0 Å². The third-order valence-electron chi connectivity index (χ3n) is 3.10. The van der Waals surface area contributed by atoms with Gasteiger partial charge < -0.3 is 10.4 Å². The highest BCUT2D eigenvalue weighted by Crippen LogP contribution is 2.21. The van der Waals surface area contributed by atoms with E-state index in [2.05, 4.69) is 34.3 Å². The van der Waals surface area contributed by atoms with Crippen LogP contribution in [-0.2, 0) is 6.54 Å². The second-order valence-electron chi connectivity index (χ2n) is 4.60. The summed E-state index contributed by atoms with van der Waals surface area (Å²) in [4.78, 5) is 2.34. The Morgan fingerprint density at radius 1 is 1.53 bits per heavy atom. The van der Waals surface area contributed by atoms with Gasteiger partial charge in [0.2, 0.25) is 5.13 Å². The van der Waals surface area contributed by atoms with Gasteiger partial charge in [0.15, 0.2) is 0 Å². The predicted molar refractivity (Wildman–Crippen MR) is 69.1 cm³/mol. The van der Waals surface area contributed by atoms with Gasteiger partial charge in [-0.3, -0.25) is 4.90 Å². The highest BCUT2D eigenvalue weighted by molar-refractivity contribution is 7.15. The predicted octanol–water partition coefficient (Wildman–Crippen LogP) is 1.17. The number of aliphatic hydroxyl groups is 1. The number of piperidine rings is 1. The number of hydrogen-bond donors (Lipinski definition) is 2. The summed E-state index contributed by atoms with van der Waals surface area (Å²) in [6.45, 7) is 7.76. The number of likely N-dealkylation sites (tertiary alicyclic amines) is 1. The molecule has 5 nitrogen and oxygen atoms in total. The molecule has 2 heterocycles. The van der Waals surface area contributed by atoms with Gasteiger partial charge in [-0.05, 0) is 19.3 Å². The number of nitrogens with one attached hydrogen (secondary N) is 1. The first-order valence-corrected chi connectivity index (χ1v) is 6.97. The van der Waals surface area contributed by atoms with E-state index in [1.165, 1.54) is 0 Å². The van der Waals surface area contributed by atoms with Gasteiger partial charge >= 0.3 is 0 Å². The summed E-state index contributed by atoms with van der Waals surface area (Å²) in [6.07, 6.45) is 0.720. The minimum atomic E-state index is -0.141. The van der Waals surface area contributed by atoms with Crippen molar-refractivity contribution in [3.8, 4) is 0 Å². The van der Waals surface area contributed by atoms with Crippen LogP contribution in [0.2, 0.25) is 0 Å². The van der Waals surface area contributed by atoms with Crippen LogP contribution in [0, 0.1) is 5.92 Å². The average molecular weight is 256 g/mol. The Labute approximate surface area is 106 Å². The van der Waals surface area contributed by atoms with E-state index in [9.17, 15) is 5.11 Å². The normalized spacial score (nSPS) is 26.1. The molecule has 0 radical (unpaired) electrons. The molecule has 2 rings (SSSR count). The maximum Gasteiger partial charge on any atom is 0.205 e. The molecule has 0 spiro atoms. The molecule has 1 aromatic rings. The first-order valence-electron chi connectivity index (χ1n) is 6.15. The first kappa shape index (κ1) is 12.7. The molecule has 1 aromatic heterocycles. The molecular formula is C11H20N4OS. The van der Waals surface area contributed by atoms with Crippen molar-refractivity contribution >= 4 is 16.5 Å². The van der Waals surface area contributed by atoms with E-state index in [-0.39, 0.29) is 6.10 Å². The van der Waals surface area contributed by atoms with Gasteiger partial charge in [0, 0.05) is 19.6 Å². The smallest absolute Gasteiger partial charge is 0.205 e. The van der Waals surface area contributed by atoms with E-state index in [0.29, 0.717) is 5.92 Å². The Hall–Kier alpha value is -0.720. The van der Waals surface area contributed by atoms with Crippen LogP contribution < -0.4 is 5.32 Å². The van der Waals surface area contributed by atoms with E-state index >= 15 is 0 Å². The Kier molecular flexibility index (Phi) is 4.31. The average Bonchev–Trinajstić information content (AvgIpc) is 2.72. The zero-order valence-electron chi connectivity index (χ0n) is 10.4. The van der Waals surface area contributed by atoms with Gasteiger partial charge in [0.05, 0.1) is 12.6 Å². The van der Waals surface area contributed by atoms with Gasteiger partial charge in [-0.25, -0.2) is 0 Å². The highest BCUT2D eigenvalue weighted by Gasteiger charge is 2.24. The van der Waals surface area contributed by atoms with Gasteiger partial charge in [-0.2, -0.15) is 0 Å². The maximum atomic E-state index is 9.67. The van der Waals surface area contributed by atoms with Gasteiger partial charge in [-0.1, -0.05) is 18.3 Å². The van der Waals surface area contributed by atoms with Crippen molar-refractivity contribution in [2.75, 3.05) is 25.0 Å². The van der Waals surface area contributed by atoms with Crippen LogP contribution >= 0.6 is 11.3 Å². The lowest BCUT2D eigenvalue weighted by atomic mass is 9.97. The summed E-state index contributed by atoms with van der Waals surface area (Å²) in [5.41, 5.74) is 0. The summed E-state index contributed by atoms with van der Waals surface area (Å²) in [5, 5.41) is 23.0. The van der Waals surface area contributed by atoms with Crippen molar-refractivity contribution in [1.82, 2.24) is 15.1 Å². The van der Waals surface area contributed by atoms with E-state index < -0.39 is 0 Å². The molecule has 2 N–H and O–H groups in total. The van der Waals surface area contributed by atoms with Crippen LogP contribution in [0.4, 0.5) is 5.13 Å². The molecule has 0 amide bonds. The van der Waals surface area contributed by atoms with E-state index in [4.69, 9.17) is 0 Å². The first-order chi connectivity index (χ1) is 8.19. The van der Waals surface area contributed by atoms with E-state index in [1.807, 2.05) is 0 Å². The number of rotatable bonds is 4. The number of aromatic nitrogens is 2. The monoisotopic (exact) mass is 256 g/mol. The molecule has 1 fully saturated rings. The maximum absolute atomic E-state index is 9.67. The third-order valence-corrected chi connectivity index (χ3v) is 3.96. The molecular weight excluding hydrogens is 236 g/mol. The fourth-order valence-corrected chi connectivity index (χ4v) is 2.94. The zero-order chi connectivity index (χ0) is 12.3. The molecule has 0 bridgehead atoms. The third kappa shape index (κ3) is 3.37. The minimum Gasteiger partial charge on any atom is -0.393 e. The lowest BCUT2D eigenvalue weighted by Gasteiger charge is -2.33. The Bertz CT molecular complexity index is 357. The van der Waals surface area contributed by atoms with Crippen molar-refractivity contribution in [1.29, 1.82) is 0 Å². The largest absolute Gasteiger partial charge is 0.393 e. The Morgan fingerprint density at radius 3 is 3.06 bits per heavy atom. The molecule has 1 aliphatic heterocycles. The summed E-state index contributed by atoms with van der Waals surface area (Å²) >= 11 is 1.62. The van der Waals surface area contributed by atoms with Crippen molar-refractivity contribution in [3.05, 3.63) is 5.01 Å². The topological polar surface area (TPSA) is 61.3 Å². The molecule has 0 aliphatic carbocycles. The fourth-order valence-electron chi connectivity index (χ4n) is 2.09. The van der Waals surface area contributed by atoms with Crippen molar-refractivity contribution in [2.45, 2.75) is 32.9 Å². The quantitative estimate of drug-likeness (QED) is 0.847. The standard InChI is InChI=1S/C11H20N4OS/c1-3-12-11-14-13-10(17-11)7-15-5-4-9(16)8(2)6-15/h8-9,16H,3-7H2,1-2H3,(H,12,14). The van der Waals surface area contributed by atoms with E-state index in [0.717, 1.165) is 42.7 Å². The van der Waals surface area contributed by atoms with E-state index in [1.54, 1.807) is 11.3 Å². The molecule has 0 saturated carbocycles. The summed E-state index contributed by atoms with van der Waals surface area (Å²) in [6, 6.07) is 0. The Balaban J connectivity index is 1.87. The molecule has 0 aromatic carbocycles. The number of hydrogen-bond acceptors (Lipinski definition) is 6. The molecule has 1 saturated heterocycles. The molecule has 1 aliphatic rings. The van der Waals surface area contributed by atoms with Crippen LogP contribution in [0.5, 0.6) is 0 Å². The van der Waals surface area contributed by atoms with Gasteiger partial charge in [0.25, 0.3) is 0 Å². The van der Waals surface area contributed by atoms with Crippen LogP contribution in [0.1, 0.15) is 25.3 Å². The van der Waals surface area contributed by atoms with Crippen molar-refractivity contribution < 1.29 is 5.11 Å². The SMILES string of the molecule is CCNc1nnc(CN2CCC(O)C(C)C2)s1. The van der Waals surface area contributed by atoms with Crippen LogP contribution in [0.25, 0.3) is 0 Å². The minimum absolute atomic E-state index is 0.141. The molecule has 96 valence electrons. The van der Waals surface area contributed by atoms with Crippen molar-refractivity contribution in [3.63, 3.8) is 0 Å². The highest BCUT2D eigenvalue weighted by atomic mass is 32.1. The van der Waals surface area contributed by atoms with Crippen molar-refractivity contribution in [2.24, 2.45) is 5.92 Å². The second-order valence-corrected chi connectivity index (χ2v) is 5.66. The van der Waals surface area contributed by atoms with Crippen LogP contribution in [0.3, 0.4) is 0 Å². The summed E-state index contributed by atoms with van der Waals surface area (Å²) in [7, 11) is 0. The van der Waals surface area contributed by atoms with Gasteiger partial charge in [0.1, 0.15) is 5.01 Å². The number of anilines is 1. The summed E-state index contributed by atoms with van der Waals surface area (Å²) in [5.74, 6) is 0.352. The van der Waals surface area contributed by atoms with Gasteiger partial charge in [-0.15, -0.1) is 10.2 Å². The molecule has 6 heteroatoms. The molecule has 2 unspecified atom stereocenters. The van der Waals surface area contributed by atoms with Crippen LogP contribution in [-0.4, -0.2) is 45.9 Å². The summed E-state index contributed by atoms with van der Waals surface area (Å²) < 4.78 is 0. The second kappa shape index (κ2) is 5.75. The molecule has 2 atom stereocenters. The fraction of sp³-hybridized carbons (Fsp3) is 0.818. The lowest BCUT2D eigenvalue weighted by molar-refractivity contribution is 0.0319.